The Hall–Kier alpha value is -9.04. The Morgan fingerprint density at radius 2 is 0.652 bits per heavy atom. The fourth-order valence-electron chi connectivity index (χ4n) is 10.9. The van der Waals surface area contributed by atoms with E-state index in [0.717, 1.165) is 28.2 Å². The first kappa shape index (κ1) is 40.3. The molecule has 69 heavy (non-hydrogen) atoms. The predicted molar refractivity (Wildman–Crippen MR) is 296 cm³/mol. The van der Waals surface area contributed by atoms with Crippen LogP contribution in [0.5, 0.6) is 0 Å². The number of hydrogen-bond donors (Lipinski definition) is 0. The van der Waals surface area contributed by atoms with Gasteiger partial charge in [-0.2, -0.15) is 0 Å². The van der Waals surface area contributed by atoms with E-state index in [9.17, 15) is 0 Å². The summed E-state index contributed by atoms with van der Waals surface area (Å²) in [4.78, 5) is 2.43. The van der Waals surface area contributed by atoms with Crippen LogP contribution in [0.2, 0.25) is 0 Å². The highest BCUT2D eigenvalue weighted by Gasteiger charge is 2.22. The number of rotatable bonds is 8. The van der Waals surface area contributed by atoms with Gasteiger partial charge in [-0.3, -0.25) is 0 Å². The average Bonchev–Trinajstić information content (AvgIpc) is 3.43. The predicted octanol–water partition coefficient (Wildman–Crippen LogP) is 19.3. The molecule has 322 valence electrons. The van der Waals surface area contributed by atoms with E-state index in [-0.39, 0.29) is 0 Å². The highest BCUT2D eigenvalue weighted by atomic mass is 15.1. The Kier molecular flexibility index (Phi) is 9.91. The van der Waals surface area contributed by atoms with Crippen molar-refractivity contribution in [3.8, 4) is 55.6 Å². The first-order valence-electron chi connectivity index (χ1n) is 23.8. The summed E-state index contributed by atoms with van der Waals surface area (Å²) in [5.41, 5.74) is 15.3. The Labute approximate surface area is 402 Å². The maximum Gasteiger partial charge on any atom is 0.0540 e. The topological polar surface area (TPSA) is 3.24 Å². The van der Waals surface area contributed by atoms with Gasteiger partial charge in [0.1, 0.15) is 0 Å². The van der Waals surface area contributed by atoms with Crippen LogP contribution in [0.25, 0.3) is 109 Å². The van der Waals surface area contributed by atoms with Crippen LogP contribution < -0.4 is 4.90 Å². The summed E-state index contributed by atoms with van der Waals surface area (Å²) in [7, 11) is 0. The number of hydrogen-bond acceptors (Lipinski definition) is 1. The van der Waals surface area contributed by atoms with E-state index in [4.69, 9.17) is 0 Å². The standard InChI is InChI=1S/C68H45N/c1-3-19-49(20-4-1)67-63-31-14-13-29-60(63)62-43-38-52(45-65(62)68(67)50-21-5-2-6-22-50)58-27-15-16-33-66(58)69(53-39-34-47(35-40-53)56-32-17-24-46-18-7-9-25-55(46)56)54-41-36-48(37-42-54)64-44-51-23-8-10-26-57(51)59-28-11-12-30-61(59)64/h1-45H. The molecule has 13 aromatic rings. The van der Waals surface area contributed by atoms with E-state index in [1.807, 2.05) is 0 Å². The van der Waals surface area contributed by atoms with E-state index in [2.05, 4.69) is 278 Å². The lowest BCUT2D eigenvalue weighted by Crippen LogP contribution is -2.11. The molecule has 0 saturated heterocycles. The second-order valence-corrected chi connectivity index (χ2v) is 18.0. The zero-order valence-corrected chi connectivity index (χ0v) is 37.9. The third-order valence-corrected chi connectivity index (χ3v) is 14.0. The zero-order chi connectivity index (χ0) is 45.7. The van der Waals surface area contributed by atoms with Crippen LogP contribution in [0.15, 0.2) is 273 Å². The number of fused-ring (bicyclic) bond motifs is 7. The molecule has 0 unspecified atom stereocenters. The van der Waals surface area contributed by atoms with Gasteiger partial charge in [0.05, 0.1) is 5.69 Å². The molecule has 13 aromatic carbocycles. The van der Waals surface area contributed by atoms with Crippen molar-refractivity contribution < 1.29 is 0 Å². The van der Waals surface area contributed by atoms with Gasteiger partial charge in [0.15, 0.2) is 0 Å². The van der Waals surface area contributed by atoms with E-state index >= 15 is 0 Å². The Morgan fingerprint density at radius 3 is 1.33 bits per heavy atom. The molecule has 0 spiro atoms. The number of anilines is 3. The van der Waals surface area contributed by atoms with Crippen LogP contribution in [0.3, 0.4) is 0 Å². The molecule has 0 N–H and O–H groups in total. The molecular formula is C68H45N. The third-order valence-electron chi connectivity index (χ3n) is 14.0. The van der Waals surface area contributed by atoms with E-state index in [1.165, 1.54) is 98.4 Å². The molecule has 1 heteroatoms. The maximum absolute atomic E-state index is 2.44. The minimum absolute atomic E-state index is 1.08. The van der Waals surface area contributed by atoms with E-state index < -0.39 is 0 Å². The monoisotopic (exact) mass is 875 g/mol. The van der Waals surface area contributed by atoms with Gasteiger partial charge in [0.2, 0.25) is 0 Å². The summed E-state index contributed by atoms with van der Waals surface area (Å²) < 4.78 is 0. The molecule has 0 radical (unpaired) electrons. The number of para-hydroxylation sites is 1. The normalized spacial score (nSPS) is 11.5. The van der Waals surface area contributed by atoms with Gasteiger partial charge in [0, 0.05) is 16.9 Å². The molecule has 0 aliphatic carbocycles. The number of benzene rings is 13. The molecule has 13 rings (SSSR count). The van der Waals surface area contributed by atoms with Crippen molar-refractivity contribution in [2.75, 3.05) is 4.90 Å². The van der Waals surface area contributed by atoms with Crippen molar-refractivity contribution in [2.24, 2.45) is 0 Å². The summed E-state index contributed by atoms with van der Waals surface area (Å²) in [6.07, 6.45) is 0. The highest BCUT2D eigenvalue weighted by Crippen LogP contribution is 2.48. The van der Waals surface area contributed by atoms with Crippen molar-refractivity contribution in [2.45, 2.75) is 0 Å². The summed E-state index contributed by atoms with van der Waals surface area (Å²) in [5, 5.41) is 12.5. The van der Waals surface area contributed by atoms with Crippen LogP contribution in [-0.4, -0.2) is 0 Å². The molecule has 0 atom stereocenters. The van der Waals surface area contributed by atoms with Gasteiger partial charge in [-0.25, -0.2) is 0 Å². The van der Waals surface area contributed by atoms with Crippen LogP contribution in [0.1, 0.15) is 0 Å². The first-order chi connectivity index (χ1) is 34.2. The third kappa shape index (κ3) is 7.03. The average molecular weight is 876 g/mol. The molecule has 0 amide bonds. The minimum Gasteiger partial charge on any atom is -0.310 e. The molecule has 0 aromatic heterocycles. The fourth-order valence-corrected chi connectivity index (χ4v) is 10.9. The smallest absolute Gasteiger partial charge is 0.0540 e. The maximum atomic E-state index is 2.44. The molecule has 0 aliphatic rings. The first-order valence-corrected chi connectivity index (χ1v) is 23.8. The Balaban J connectivity index is 1.01. The van der Waals surface area contributed by atoms with Gasteiger partial charge < -0.3 is 4.90 Å². The summed E-state index contributed by atoms with van der Waals surface area (Å²) in [5.74, 6) is 0. The number of nitrogens with zero attached hydrogens (tertiary/aromatic N) is 1. The van der Waals surface area contributed by atoms with Gasteiger partial charge in [-0.15, -0.1) is 0 Å². The largest absolute Gasteiger partial charge is 0.310 e. The van der Waals surface area contributed by atoms with Crippen LogP contribution in [0.4, 0.5) is 17.1 Å². The van der Waals surface area contributed by atoms with Crippen LogP contribution in [0, 0.1) is 0 Å². The lowest BCUT2D eigenvalue weighted by Gasteiger charge is -2.28. The lowest BCUT2D eigenvalue weighted by molar-refractivity contribution is 1.28. The zero-order valence-electron chi connectivity index (χ0n) is 37.9. The summed E-state index contributed by atoms with van der Waals surface area (Å²) in [6.45, 7) is 0. The second-order valence-electron chi connectivity index (χ2n) is 18.0. The van der Waals surface area contributed by atoms with Crippen LogP contribution >= 0.6 is 0 Å². The Bertz CT molecular complexity index is 4040. The molecule has 1 nitrogen and oxygen atoms in total. The highest BCUT2D eigenvalue weighted by molar-refractivity contribution is 6.22. The van der Waals surface area contributed by atoms with E-state index in [1.54, 1.807) is 0 Å². The molecule has 0 fully saturated rings. The van der Waals surface area contributed by atoms with Gasteiger partial charge >= 0.3 is 0 Å². The van der Waals surface area contributed by atoms with Crippen LogP contribution in [-0.2, 0) is 0 Å². The SMILES string of the molecule is c1ccc(-c2c(-c3ccccc3)c3cc(-c4ccccc4N(c4ccc(-c5cccc6ccccc56)cc4)c4ccc(-c5cc6ccccc6c6ccccc56)cc4)ccc3c3ccccc23)cc1. The van der Waals surface area contributed by atoms with Gasteiger partial charge in [-0.1, -0.05) is 231 Å². The Morgan fingerprint density at radius 1 is 0.203 bits per heavy atom. The van der Waals surface area contributed by atoms with Crippen molar-refractivity contribution in [3.63, 3.8) is 0 Å². The molecule has 0 saturated carbocycles. The molecule has 0 aliphatic heterocycles. The fraction of sp³-hybridized carbons (Fsp3) is 0. The van der Waals surface area contributed by atoms with Crippen molar-refractivity contribution >= 4 is 70.9 Å². The second kappa shape index (κ2) is 17.0. The molecule has 0 heterocycles. The minimum atomic E-state index is 1.08. The quantitative estimate of drug-likeness (QED) is 0.138. The summed E-state index contributed by atoms with van der Waals surface area (Å²) >= 11 is 0. The molecular weight excluding hydrogens is 831 g/mol. The van der Waals surface area contributed by atoms with Crippen molar-refractivity contribution in [1.82, 2.24) is 0 Å². The van der Waals surface area contributed by atoms with E-state index in [0.29, 0.717) is 0 Å². The van der Waals surface area contributed by atoms with Crippen molar-refractivity contribution in [1.29, 1.82) is 0 Å². The van der Waals surface area contributed by atoms with Crippen molar-refractivity contribution in [3.05, 3.63) is 273 Å². The molecule has 0 bridgehead atoms. The summed E-state index contributed by atoms with van der Waals surface area (Å²) in [6, 6.07) is 100. The van der Waals surface area contributed by atoms with Gasteiger partial charge in [-0.05, 0) is 146 Å². The van der Waals surface area contributed by atoms with Gasteiger partial charge in [0.25, 0.3) is 0 Å². The lowest BCUT2D eigenvalue weighted by atomic mass is 9.84.